The molecule has 0 fully saturated rings. The smallest absolute Gasteiger partial charge is 0.229 e. The van der Waals surface area contributed by atoms with Crippen LogP contribution in [-0.4, -0.2) is 49.7 Å². The number of rotatable bonds is 11. The van der Waals surface area contributed by atoms with Crippen molar-refractivity contribution >= 4 is 27.3 Å². The zero-order chi connectivity index (χ0) is 24.7. The van der Waals surface area contributed by atoms with Gasteiger partial charge in [-0.1, -0.05) is 48.0 Å². The Morgan fingerprint density at radius 1 is 1.03 bits per heavy atom. The number of anilines is 1. The van der Waals surface area contributed by atoms with Gasteiger partial charge in [-0.2, -0.15) is 0 Å². The summed E-state index contributed by atoms with van der Waals surface area (Å²) in [6.07, 6.45) is 0.0625. The van der Waals surface area contributed by atoms with E-state index in [1.54, 1.807) is 6.07 Å². The van der Waals surface area contributed by atoms with E-state index < -0.39 is 16.1 Å². The molecule has 0 spiro atoms. The molecule has 0 radical (unpaired) electrons. The quantitative estimate of drug-likeness (QED) is 0.199. The zero-order valence-electron chi connectivity index (χ0n) is 18.5. The molecule has 1 atom stereocenters. The monoisotopic (exact) mass is 506 g/mol. The van der Waals surface area contributed by atoms with Crippen LogP contribution in [0.2, 0.25) is 5.02 Å². The third-order valence-electron chi connectivity index (χ3n) is 4.98. The number of halogens is 1. The van der Waals surface area contributed by atoms with Crippen molar-refractivity contribution in [3.8, 4) is 22.6 Å². The van der Waals surface area contributed by atoms with Crippen LogP contribution in [0.5, 0.6) is 11.5 Å². The summed E-state index contributed by atoms with van der Waals surface area (Å²) in [4.78, 5) is 0. The fraction of sp³-hybridized carbons (Fsp3) is 0.250. The average molecular weight is 507 g/mol. The van der Waals surface area contributed by atoms with E-state index in [0.717, 1.165) is 22.9 Å². The number of nitrogens with one attached hydrogen (secondary N) is 2. The van der Waals surface area contributed by atoms with E-state index in [4.69, 9.17) is 21.4 Å². The molecule has 10 heteroatoms. The topological polar surface area (TPSA) is 128 Å². The van der Waals surface area contributed by atoms with Crippen LogP contribution in [0, 0.1) is 0 Å². The summed E-state index contributed by atoms with van der Waals surface area (Å²) >= 11 is 6.36. The van der Waals surface area contributed by atoms with Gasteiger partial charge in [0.05, 0.1) is 29.7 Å². The number of phenolic OH excluding ortho intramolecular Hbond substituents is 1. The van der Waals surface area contributed by atoms with Crippen LogP contribution in [0.1, 0.15) is 17.2 Å². The third kappa shape index (κ3) is 7.34. The Kier molecular flexibility index (Phi) is 8.76. The zero-order valence-corrected chi connectivity index (χ0v) is 20.1. The molecule has 0 saturated heterocycles. The summed E-state index contributed by atoms with van der Waals surface area (Å²) in [5.74, 6) is 0.308. The number of phenols is 1. The molecule has 5 N–H and O–H groups in total. The number of aromatic hydroxyl groups is 1. The Balaban J connectivity index is 1.48. The molecular weight excluding hydrogens is 480 g/mol. The molecule has 3 rings (SSSR count). The number of sulfonamides is 1. The van der Waals surface area contributed by atoms with Crippen LogP contribution in [0.3, 0.4) is 0 Å². The van der Waals surface area contributed by atoms with Crippen LogP contribution in [0.4, 0.5) is 5.69 Å². The number of hydrogen-bond acceptors (Lipinski definition) is 7. The summed E-state index contributed by atoms with van der Waals surface area (Å²) in [5.41, 5.74) is 3.20. The molecule has 3 aromatic rings. The third-order valence-corrected chi connectivity index (χ3v) is 5.86. The number of ether oxygens (including phenoxy) is 1. The van der Waals surface area contributed by atoms with Gasteiger partial charge < -0.3 is 25.4 Å². The lowest BCUT2D eigenvalue weighted by molar-refractivity contribution is 0.172. The van der Waals surface area contributed by atoms with Crippen LogP contribution in [0.15, 0.2) is 60.7 Å². The van der Waals surface area contributed by atoms with Gasteiger partial charge in [0.15, 0.2) is 0 Å². The van der Waals surface area contributed by atoms with Gasteiger partial charge in [0.1, 0.15) is 18.1 Å². The van der Waals surface area contributed by atoms with E-state index in [1.165, 1.54) is 18.2 Å². The molecule has 0 aliphatic rings. The number of aliphatic hydroxyl groups excluding tert-OH is 2. The molecule has 0 aliphatic heterocycles. The molecule has 0 bridgehead atoms. The number of hydrogen-bond donors (Lipinski definition) is 5. The van der Waals surface area contributed by atoms with E-state index in [-0.39, 0.29) is 24.6 Å². The predicted octanol–water partition coefficient (Wildman–Crippen LogP) is 3.28. The Bertz CT molecular complexity index is 1220. The molecular formula is C24H27ClN2O6S. The predicted molar refractivity (Wildman–Crippen MR) is 133 cm³/mol. The second-order valence-electron chi connectivity index (χ2n) is 7.72. The lowest BCUT2D eigenvalue weighted by Gasteiger charge is -2.15. The van der Waals surface area contributed by atoms with Crippen LogP contribution >= 0.6 is 11.6 Å². The summed E-state index contributed by atoms with van der Waals surface area (Å²) in [7, 11) is -3.56. The Hall–Kier alpha value is -2.82. The highest BCUT2D eigenvalue weighted by Crippen LogP contribution is 2.31. The van der Waals surface area contributed by atoms with Gasteiger partial charge in [-0.15, -0.1) is 0 Å². The molecule has 0 aliphatic carbocycles. The molecule has 0 saturated carbocycles. The summed E-state index contributed by atoms with van der Waals surface area (Å²) in [5, 5.41) is 32.9. The van der Waals surface area contributed by atoms with Gasteiger partial charge in [-0.3, -0.25) is 4.72 Å². The second kappa shape index (κ2) is 11.5. The highest BCUT2D eigenvalue weighted by atomic mass is 35.5. The van der Waals surface area contributed by atoms with Gasteiger partial charge in [0.25, 0.3) is 0 Å². The van der Waals surface area contributed by atoms with E-state index in [9.17, 15) is 18.6 Å². The maximum absolute atomic E-state index is 11.4. The number of aliphatic hydroxyl groups is 2. The summed E-state index contributed by atoms with van der Waals surface area (Å²) in [6, 6.07) is 17.3. The maximum atomic E-state index is 11.4. The van der Waals surface area contributed by atoms with Crippen LogP contribution in [0.25, 0.3) is 11.1 Å². The van der Waals surface area contributed by atoms with E-state index in [0.29, 0.717) is 29.5 Å². The van der Waals surface area contributed by atoms with Crippen molar-refractivity contribution in [1.29, 1.82) is 0 Å². The van der Waals surface area contributed by atoms with Crippen LogP contribution in [-0.2, 0) is 16.6 Å². The normalized spacial score (nSPS) is 12.4. The van der Waals surface area contributed by atoms with Crippen molar-refractivity contribution in [3.63, 3.8) is 0 Å². The minimum Gasteiger partial charge on any atom is -0.506 e. The Labute approximate surface area is 203 Å². The highest BCUT2D eigenvalue weighted by Gasteiger charge is 2.13. The first kappa shape index (κ1) is 25.8. The second-order valence-corrected chi connectivity index (χ2v) is 9.88. The van der Waals surface area contributed by atoms with Gasteiger partial charge in [0.2, 0.25) is 10.0 Å². The molecule has 0 amide bonds. The Morgan fingerprint density at radius 2 is 1.74 bits per heavy atom. The first-order chi connectivity index (χ1) is 16.2. The fourth-order valence-corrected chi connectivity index (χ4v) is 4.03. The largest absolute Gasteiger partial charge is 0.506 e. The van der Waals surface area contributed by atoms with Crippen molar-refractivity contribution < 1.29 is 28.5 Å². The molecule has 3 aromatic carbocycles. The summed E-state index contributed by atoms with van der Waals surface area (Å²) < 4.78 is 30.7. The standard InChI is InChI=1S/C24H27ClN2O6S/c1-34(31,32)27-21-13-19(6-8-22(21)29)23(30)14-26-10-11-33-24-9-7-18(12-20(24)25)17-4-2-16(15-28)3-5-17/h2-9,12-13,23,26-30H,10-11,14-15H2,1H3/t23-/m0/s1. The van der Waals surface area contributed by atoms with Crippen molar-refractivity contribution in [3.05, 3.63) is 76.8 Å². The molecule has 182 valence electrons. The van der Waals surface area contributed by atoms with E-state index in [1.807, 2.05) is 36.4 Å². The van der Waals surface area contributed by atoms with Gasteiger partial charge >= 0.3 is 0 Å². The summed E-state index contributed by atoms with van der Waals surface area (Å²) in [6.45, 7) is 0.940. The minimum atomic E-state index is -3.56. The van der Waals surface area contributed by atoms with Gasteiger partial charge in [-0.05, 0) is 46.5 Å². The van der Waals surface area contributed by atoms with Gasteiger partial charge in [-0.25, -0.2) is 8.42 Å². The molecule has 0 heterocycles. The van der Waals surface area contributed by atoms with Crippen molar-refractivity contribution in [1.82, 2.24) is 5.32 Å². The van der Waals surface area contributed by atoms with E-state index in [2.05, 4.69) is 10.0 Å². The maximum Gasteiger partial charge on any atom is 0.229 e. The van der Waals surface area contributed by atoms with Crippen LogP contribution < -0.4 is 14.8 Å². The van der Waals surface area contributed by atoms with Gasteiger partial charge in [0, 0.05) is 13.1 Å². The molecule has 0 aromatic heterocycles. The van der Waals surface area contributed by atoms with Crippen molar-refractivity contribution in [2.75, 3.05) is 30.7 Å². The molecule has 0 unspecified atom stereocenters. The molecule has 34 heavy (non-hydrogen) atoms. The molecule has 8 nitrogen and oxygen atoms in total. The fourth-order valence-electron chi connectivity index (χ4n) is 3.23. The number of benzene rings is 3. The Morgan fingerprint density at radius 3 is 2.38 bits per heavy atom. The average Bonchev–Trinajstić information content (AvgIpc) is 2.80. The minimum absolute atomic E-state index is 0.00446. The lowest BCUT2D eigenvalue weighted by Crippen LogP contribution is -2.26. The van der Waals surface area contributed by atoms with E-state index >= 15 is 0 Å². The highest BCUT2D eigenvalue weighted by molar-refractivity contribution is 7.92. The van der Waals surface area contributed by atoms with Crippen molar-refractivity contribution in [2.24, 2.45) is 0 Å². The first-order valence-electron chi connectivity index (χ1n) is 10.5. The lowest BCUT2D eigenvalue weighted by atomic mass is 10.0. The first-order valence-corrected chi connectivity index (χ1v) is 12.7. The van der Waals surface area contributed by atoms with Crippen molar-refractivity contribution in [2.45, 2.75) is 12.7 Å². The SMILES string of the molecule is CS(=O)(=O)Nc1cc([C@@H](O)CNCCOc2ccc(-c3ccc(CO)cc3)cc2Cl)ccc1O.